The summed E-state index contributed by atoms with van der Waals surface area (Å²) < 4.78 is 228. The first-order valence-corrected chi connectivity index (χ1v) is 9.93. The number of aliphatic carboxylic acids is 1. The summed E-state index contributed by atoms with van der Waals surface area (Å²) in [6.07, 6.45) is -7.78. The molecule has 0 amide bonds. The van der Waals surface area contributed by atoms with E-state index in [-0.39, 0.29) is 6.54 Å². The standard InChI is InChI=1S/C18H12F17NO.C2H4O2/c1-36(2)7-8-3-5-9(6-4-8)37-11(20)10(19)12(21,22)13(23,24)14(25,26)15(27,28)16(29,30)17(31,32)18(33,34)35;1-2(3)4/h3-6H,7H2,1-2H3;1H3,(H,3,4). The lowest BCUT2D eigenvalue weighted by Gasteiger charge is -2.41. The summed E-state index contributed by atoms with van der Waals surface area (Å²) in [7, 11) is 3.15. The third kappa shape index (κ3) is 7.26. The number of carboxylic acid groups (broad SMARTS) is 1. The van der Waals surface area contributed by atoms with E-state index >= 15 is 0 Å². The second-order valence-electron chi connectivity index (χ2n) is 8.03. The molecule has 0 aliphatic carbocycles. The number of allylic oxidation sites excluding steroid dienone is 1. The number of hydrogen-bond donors (Lipinski definition) is 1. The Bertz CT molecular complexity index is 1080. The van der Waals surface area contributed by atoms with Crippen LogP contribution >= 0.6 is 0 Å². The first kappa shape index (κ1) is 38.0. The highest BCUT2D eigenvalue weighted by atomic mass is 19.4. The number of carboxylic acids is 1. The molecule has 0 radical (unpaired) electrons. The van der Waals surface area contributed by atoms with Gasteiger partial charge in [-0.05, 0) is 31.8 Å². The number of halogens is 17. The Hall–Kier alpha value is -3.00. The van der Waals surface area contributed by atoms with Crippen molar-refractivity contribution in [1.29, 1.82) is 0 Å². The predicted octanol–water partition coefficient (Wildman–Crippen LogP) is 7.70. The van der Waals surface area contributed by atoms with Crippen molar-refractivity contribution in [1.82, 2.24) is 4.90 Å². The molecule has 0 aliphatic heterocycles. The molecule has 21 heteroatoms. The molecule has 0 heterocycles. The van der Waals surface area contributed by atoms with Crippen molar-refractivity contribution >= 4 is 5.97 Å². The SMILES string of the molecule is CC(=O)O.CN(C)Cc1ccc(OC(F)=C(F)C(F)(F)C(F)(F)C(F)(F)C(F)(F)C(F)(F)C(F)(F)C(F)(F)F)cc1. The molecule has 1 aromatic rings. The molecule has 0 aromatic heterocycles. The molecular formula is C20H16F17NO3. The quantitative estimate of drug-likeness (QED) is 0.210. The van der Waals surface area contributed by atoms with Gasteiger partial charge in [-0.25, -0.2) is 0 Å². The number of benzene rings is 1. The van der Waals surface area contributed by atoms with Crippen LogP contribution in [0, 0.1) is 0 Å². The van der Waals surface area contributed by atoms with E-state index in [0.717, 1.165) is 19.1 Å². The molecule has 4 nitrogen and oxygen atoms in total. The zero-order valence-corrected chi connectivity index (χ0v) is 20.2. The molecule has 0 unspecified atom stereocenters. The molecule has 0 bridgehead atoms. The smallest absolute Gasteiger partial charge is 0.460 e. The van der Waals surface area contributed by atoms with Gasteiger partial charge in [-0.1, -0.05) is 12.1 Å². The van der Waals surface area contributed by atoms with E-state index in [9.17, 15) is 74.6 Å². The van der Waals surface area contributed by atoms with Crippen molar-refractivity contribution in [3.8, 4) is 5.75 Å². The zero-order chi connectivity index (χ0) is 33.2. The number of rotatable bonds is 10. The van der Waals surface area contributed by atoms with Crippen molar-refractivity contribution in [2.24, 2.45) is 0 Å². The average molecular weight is 641 g/mol. The van der Waals surface area contributed by atoms with Gasteiger partial charge in [-0.3, -0.25) is 4.79 Å². The highest BCUT2D eigenvalue weighted by Crippen LogP contribution is 2.63. The Kier molecular flexibility index (Phi) is 11.2. The normalized spacial score (nSPS) is 14.8. The minimum Gasteiger partial charge on any atom is -0.481 e. The lowest BCUT2D eigenvalue weighted by molar-refractivity contribution is -0.451. The van der Waals surface area contributed by atoms with Crippen LogP contribution in [0.25, 0.3) is 0 Å². The van der Waals surface area contributed by atoms with Gasteiger partial charge in [-0.15, -0.1) is 0 Å². The molecule has 1 N–H and O–H groups in total. The van der Waals surface area contributed by atoms with E-state index in [2.05, 4.69) is 4.74 Å². The van der Waals surface area contributed by atoms with Crippen LogP contribution in [0.2, 0.25) is 0 Å². The van der Waals surface area contributed by atoms with Crippen molar-refractivity contribution < 1.29 is 89.3 Å². The number of nitrogens with zero attached hydrogens (tertiary/aromatic N) is 1. The van der Waals surface area contributed by atoms with E-state index in [0.29, 0.717) is 17.7 Å². The first-order valence-electron chi connectivity index (χ1n) is 9.93. The second-order valence-corrected chi connectivity index (χ2v) is 8.03. The Morgan fingerprint density at radius 1 is 0.707 bits per heavy atom. The Labute approximate surface area is 218 Å². The van der Waals surface area contributed by atoms with Gasteiger partial charge in [0.05, 0.1) is 0 Å². The molecule has 0 fully saturated rings. The van der Waals surface area contributed by atoms with Crippen LogP contribution in [0.5, 0.6) is 5.75 Å². The molecule has 0 saturated carbocycles. The molecule has 0 spiro atoms. The molecule has 1 rings (SSSR count). The highest BCUT2D eigenvalue weighted by molar-refractivity contribution is 5.62. The highest BCUT2D eigenvalue weighted by Gasteiger charge is 2.93. The second kappa shape index (κ2) is 12.1. The van der Waals surface area contributed by atoms with Gasteiger partial charge >= 0.3 is 47.7 Å². The van der Waals surface area contributed by atoms with Crippen molar-refractivity contribution in [3.63, 3.8) is 0 Å². The largest absolute Gasteiger partial charge is 0.481 e. The molecule has 41 heavy (non-hydrogen) atoms. The molecule has 238 valence electrons. The van der Waals surface area contributed by atoms with E-state index in [1.54, 1.807) is 19.0 Å². The van der Waals surface area contributed by atoms with Crippen LogP contribution in [0.15, 0.2) is 36.1 Å². The fraction of sp³-hybridized carbons (Fsp3) is 0.550. The molecule has 0 aliphatic rings. The summed E-state index contributed by atoms with van der Waals surface area (Å²) in [6, 6.07) is 0.0571. The van der Waals surface area contributed by atoms with E-state index in [1.165, 1.54) is 0 Å². The van der Waals surface area contributed by atoms with Crippen LogP contribution in [0.3, 0.4) is 0 Å². The molecule has 0 saturated heterocycles. The van der Waals surface area contributed by atoms with Crippen LogP contribution in [0.1, 0.15) is 12.5 Å². The predicted molar refractivity (Wildman–Crippen MR) is 103 cm³/mol. The number of carbonyl (C=O) groups is 1. The Balaban J connectivity index is 0.00000373. The summed E-state index contributed by atoms with van der Waals surface area (Å²) in [5, 5.41) is 7.42. The van der Waals surface area contributed by atoms with Gasteiger partial charge in [0.15, 0.2) is 0 Å². The minimum atomic E-state index is -8.62. The summed E-state index contributed by atoms with van der Waals surface area (Å²) in [4.78, 5) is 10.6. The van der Waals surface area contributed by atoms with Crippen molar-refractivity contribution in [2.45, 2.75) is 55.2 Å². The molecule has 0 atom stereocenters. The lowest BCUT2D eigenvalue weighted by Crippen LogP contribution is -2.72. The van der Waals surface area contributed by atoms with Crippen LogP contribution in [-0.2, 0) is 11.3 Å². The minimum absolute atomic E-state index is 0.207. The summed E-state index contributed by atoms with van der Waals surface area (Å²) in [5.74, 6) is -55.9. The van der Waals surface area contributed by atoms with Gasteiger partial charge in [0.1, 0.15) is 5.75 Å². The fourth-order valence-corrected chi connectivity index (χ4v) is 2.40. The van der Waals surface area contributed by atoms with Crippen LogP contribution < -0.4 is 4.74 Å². The van der Waals surface area contributed by atoms with Gasteiger partial charge in [-0.2, -0.15) is 74.6 Å². The third-order valence-corrected chi connectivity index (χ3v) is 4.41. The van der Waals surface area contributed by atoms with Crippen molar-refractivity contribution in [3.05, 3.63) is 41.7 Å². The van der Waals surface area contributed by atoms with Gasteiger partial charge in [0, 0.05) is 13.5 Å². The lowest BCUT2D eigenvalue weighted by atomic mass is 9.91. The van der Waals surface area contributed by atoms with E-state index < -0.39 is 65.3 Å². The monoisotopic (exact) mass is 641 g/mol. The van der Waals surface area contributed by atoms with Crippen LogP contribution in [0.4, 0.5) is 74.6 Å². The summed E-state index contributed by atoms with van der Waals surface area (Å²) in [6.45, 7) is 1.29. The fourth-order valence-electron chi connectivity index (χ4n) is 2.40. The molecular weight excluding hydrogens is 625 g/mol. The zero-order valence-electron chi connectivity index (χ0n) is 20.2. The topological polar surface area (TPSA) is 49.8 Å². The van der Waals surface area contributed by atoms with Gasteiger partial charge < -0.3 is 14.7 Å². The van der Waals surface area contributed by atoms with E-state index in [4.69, 9.17) is 9.90 Å². The first-order chi connectivity index (χ1) is 17.9. The average Bonchev–Trinajstić information content (AvgIpc) is 2.77. The number of alkyl halides is 15. The van der Waals surface area contributed by atoms with Gasteiger partial charge in [0.25, 0.3) is 5.97 Å². The maximum absolute atomic E-state index is 13.7. The third-order valence-electron chi connectivity index (χ3n) is 4.41. The van der Waals surface area contributed by atoms with Crippen molar-refractivity contribution in [2.75, 3.05) is 14.1 Å². The number of ether oxygens (including phenoxy) is 1. The molecule has 1 aromatic carbocycles. The number of hydrogen-bond acceptors (Lipinski definition) is 3. The van der Waals surface area contributed by atoms with Crippen LogP contribution in [-0.4, -0.2) is 71.8 Å². The maximum Gasteiger partial charge on any atom is 0.460 e. The Morgan fingerprint density at radius 2 is 1.05 bits per heavy atom. The maximum atomic E-state index is 13.7. The van der Waals surface area contributed by atoms with E-state index in [1.807, 2.05) is 0 Å². The summed E-state index contributed by atoms with van der Waals surface area (Å²) >= 11 is 0. The summed E-state index contributed by atoms with van der Waals surface area (Å²) in [5.41, 5.74) is 0.414. The Morgan fingerprint density at radius 3 is 1.39 bits per heavy atom. The van der Waals surface area contributed by atoms with Gasteiger partial charge in [0.2, 0.25) is 5.83 Å².